The molecule has 2 heterocycles. The number of thiophene rings is 1. The molecule has 120 valence electrons. The average Bonchev–Trinajstić information content (AvgIpc) is 3.37. The van der Waals surface area contributed by atoms with Crippen molar-refractivity contribution >= 4 is 22.9 Å². The van der Waals surface area contributed by atoms with Crippen LogP contribution in [0.2, 0.25) is 0 Å². The minimum absolute atomic E-state index is 0.195. The number of hydrogen-bond donors (Lipinski definition) is 1. The van der Waals surface area contributed by atoms with Crippen LogP contribution in [-0.4, -0.2) is 15.9 Å². The first kappa shape index (κ1) is 15.0. The largest absolute Gasteiger partial charge is 0.321 e. The lowest BCUT2D eigenvalue weighted by Crippen LogP contribution is -2.14. The zero-order valence-corrected chi connectivity index (χ0v) is 14.1. The highest BCUT2D eigenvalue weighted by molar-refractivity contribution is 7.13. The Kier molecular flexibility index (Phi) is 3.86. The lowest BCUT2D eigenvalue weighted by atomic mass is 10.1. The van der Waals surface area contributed by atoms with Gasteiger partial charge in [0.2, 0.25) is 0 Å². The van der Waals surface area contributed by atoms with Crippen LogP contribution < -0.4 is 5.32 Å². The van der Waals surface area contributed by atoms with E-state index in [-0.39, 0.29) is 5.91 Å². The predicted octanol–water partition coefficient (Wildman–Crippen LogP) is 4.64. The summed E-state index contributed by atoms with van der Waals surface area (Å²) in [5.41, 5.74) is 3.55. The van der Waals surface area contributed by atoms with E-state index in [2.05, 4.69) is 39.7 Å². The lowest BCUT2D eigenvalue weighted by molar-refractivity contribution is 0.102. The SMILES string of the molecule is Cc1ccsc1-c1cccc(NC(=O)c2ccnc(C3CC3)n2)c1. The highest BCUT2D eigenvalue weighted by Gasteiger charge is 2.27. The van der Waals surface area contributed by atoms with Gasteiger partial charge in [-0.1, -0.05) is 12.1 Å². The van der Waals surface area contributed by atoms with Crippen molar-refractivity contribution in [2.75, 3.05) is 5.32 Å². The molecule has 0 bridgehead atoms. The molecule has 1 amide bonds. The standard InChI is InChI=1S/C19H17N3OS/c1-12-8-10-24-17(12)14-3-2-4-15(11-14)21-19(23)16-7-9-20-18(22-16)13-5-6-13/h2-4,7-11,13H,5-6H2,1H3,(H,21,23). The van der Waals surface area contributed by atoms with Crippen molar-refractivity contribution in [2.45, 2.75) is 25.7 Å². The molecule has 0 spiro atoms. The van der Waals surface area contributed by atoms with Gasteiger partial charge >= 0.3 is 0 Å². The normalized spacial score (nSPS) is 13.7. The molecule has 0 saturated heterocycles. The Morgan fingerprint density at radius 1 is 1.25 bits per heavy atom. The molecule has 4 rings (SSSR count). The molecule has 0 radical (unpaired) electrons. The van der Waals surface area contributed by atoms with Gasteiger partial charge in [0.15, 0.2) is 0 Å². The average molecular weight is 335 g/mol. The summed E-state index contributed by atoms with van der Waals surface area (Å²) in [4.78, 5) is 22.4. The molecule has 1 saturated carbocycles. The molecule has 1 N–H and O–H groups in total. The first-order chi connectivity index (χ1) is 11.7. The van der Waals surface area contributed by atoms with E-state index in [4.69, 9.17) is 0 Å². The molecular formula is C19H17N3OS. The number of aryl methyl sites for hydroxylation is 1. The number of rotatable bonds is 4. The van der Waals surface area contributed by atoms with E-state index in [0.29, 0.717) is 11.6 Å². The Balaban J connectivity index is 1.56. The number of hydrogen-bond acceptors (Lipinski definition) is 4. The molecule has 5 heteroatoms. The van der Waals surface area contributed by atoms with Crippen LogP contribution in [0.15, 0.2) is 48.0 Å². The number of benzene rings is 1. The van der Waals surface area contributed by atoms with Crippen LogP contribution in [0.1, 0.15) is 40.6 Å². The molecule has 1 fully saturated rings. The van der Waals surface area contributed by atoms with E-state index in [0.717, 1.165) is 29.9 Å². The molecule has 24 heavy (non-hydrogen) atoms. The second kappa shape index (κ2) is 6.17. The van der Waals surface area contributed by atoms with Crippen molar-refractivity contribution in [1.29, 1.82) is 0 Å². The van der Waals surface area contributed by atoms with Crippen LogP contribution in [0.4, 0.5) is 5.69 Å². The third-order valence-electron chi connectivity index (χ3n) is 4.09. The van der Waals surface area contributed by atoms with Crippen molar-refractivity contribution in [3.63, 3.8) is 0 Å². The Labute approximate surface area is 144 Å². The van der Waals surface area contributed by atoms with Crippen LogP contribution in [0.5, 0.6) is 0 Å². The molecule has 2 aromatic heterocycles. The minimum atomic E-state index is -0.195. The van der Waals surface area contributed by atoms with Crippen LogP contribution in [0.25, 0.3) is 10.4 Å². The molecule has 1 aliphatic carbocycles. The summed E-state index contributed by atoms with van der Waals surface area (Å²) >= 11 is 1.71. The van der Waals surface area contributed by atoms with Crippen LogP contribution in [0, 0.1) is 6.92 Å². The summed E-state index contributed by atoms with van der Waals surface area (Å²) in [7, 11) is 0. The molecule has 3 aromatic rings. The molecule has 0 unspecified atom stereocenters. The zero-order chi connectivity index (χ0) is 16.5. The maximum Gasteiger partial charge on any atom is 0.274 e. The van der Waals surface area contributed by atoms with Crippen LogP contribution in [-0.2, 0) is 0 Å². The monoisotopic (exact) mass is 335 g/mol. The van der Waals surface area contributed by atoms with Crippen molar-refractivity contribution in [2.24, 2.45) is 0 Å². The van der Waals surface area contributed by atoms with Gasteiger partial charge in [0.05, 0.1) is 0 Å². The van der Waals surface area contributed by atoms with Gasteiger partial charge in [-0.2, -0.15) is 0 Å². The maximum absolute atomic E-state index is 12.5. The van der Waals surface area contributed by atoms with E-state index in [9.17, 15) is 4.79 Å². The highest BCUT2D eigenvalue weighted by atomic mass is 32.1. The maximum atomic E-state index is 12.5. The number of anilines is 1. The third kappa shape index (κ3) is 3.08. The van der Waals surface area contributed by atoms with Gasteiger partial charge in [0.1, 0.15) is 11.5 Å². The molecule has 1 aliphatic rings. The van der Waals surface area contributed by atoms with Gasteiger partial charge in [-0.3, -0.25) is 4.79 Å². The molecule has 4 nitrogen and oxygen atoms in total. The van der Waals surface area contributed by atoms with E-state index in [1.54, 1.807) is 23.6 Å². The van der Waals surface area contributed by atoms with Gasteiger partial charge in [0.25, 0.3) is 5.91 Å². The highest BCUT2D eigenvalue weighted by Crippen LogP contribution is 2.37. The zero-order valence-electron chi connectivity index (χ0n) is 13.3. The molecule has 1 aromatic carbocycles. The van der Waals surface area contributed by atoms with Crippen molar-refractivity contribution in [1.82, 2.24) is 9.97 Å². The fraction of sp³-hybridized carbons (Fsp3) is 0.211. The Morgan fingerprint density at radius 2 is 2.12 bits per heavy atom. The number of aromatic nitrogens is 2. The second-order valence-corrected chi connectivity index (χ2v) is 6.96. The first-order valence-corrected chi connectivity index (χ1v) is 8.87. The van der Waals surface area contributed by atoms with Crippen LogP contribution in [0.3, 0.4) is 0 Å². The number of nitrogens with one attached hydrogen (secondary N) is 1. The number of carbonyl (C=O) groups is 1. The molecular weight excluding hydrogens is 318 g/mol. The van der Waals surface area contributed by atoms with Crippen LogP contribution >= 0.6 is 11.3 Å². The van der Waals surface area contributed by atoms with Gasteiger partial charge in [-0.05, 0) is 60.5 Å². The van der Waals surface area contributed by atoms with Gasteiger partial charge in [-0.15, -0.1) is 11.3 Å². The lowest BCUT2D eigenvalue weighted by Gasteiger charge is -2.08. The van der Waals surface area contributed by atoms with E-state index >= 15 is 0 Å². The summed E-state index contributed by atoms with van der Waals surface area (Å²) in [5.74, 6) is 1.02. The van der Waals surface area contributed by atoms with Gasteiger partial charge in [-0.25, -0.2) is 9.97 Å². The van der Waals surface area contributed by atoms with Gasteiger partial charge < -0.3 is 5.32 Å². The summed E-state index contributed by atoms with van der Waals surface area (Å²) < 4.78 is 0. The van der Waals surface area contributed by atoms with Crippen molar-refractivity contribution < 1.29 is 4.79 Å². The summed E-state index contributed by atoms with van der Waals surface area (Å²) in [5, 5.41) is 5.02. The topological polar surface area (TPSA) is 54.9 Å². The summed E-state index contributed by atoms with van der Waals surface area (Å²) in [6.45, 7) is 2.09. The number of nitrogens with zero attached hydrogens (tertiary/aromatic N) is 2. The van der Waals surface area contributed by atoms with Crippen molar-refractivity contribution in [3.8, 4) is 10.4 Å². The van der Waals surface area contributed by atoms with E-state index in [1.807, 2.05) is 18.2 Å². The number of carbonyl (C=O) groups excluding carboxylic acids is 1. The third-order valence-corrected chi connectivity index (χ3v) is 5.16. The van der Waals surface area contributed by atoms with E-state index in [1.165, 1.54) is 10.4 Å². The molecule has 0 atom stereocenters. The Morgan fingerprint density at radius 3 is 2.88 bits per heavy atom. The fourth-order valence-electron chi connectivity index (χ4n) is 2.64. The quantitative estimate of drug-likeness (QED) is 0.755. The first-order valence-electron chi connectivity index (χ1n) is 7.99. The second-order valence-electron chi connectivity index (χ2n) is 6.04. The van der Waals surface area contributed by atoms with E-state index < -0.39 is 0 Å². The Bertz CT molecular complexity index is 899. The fourth-order valence-corrected chi connectivity index (χ4v) is 3.57. The summed E-state index contributed by atoms with van der Waals surface area (Å²) in [6.07, 6.45) is 3.90. The minimum Gasteiger partial charge on any atom is -0.321 e. The smallest absolute Gasteiger partial charge is 0.274 e. The summed E-state index contributed by atoms with van der Waals surface area (Å²) in [6, 6.07) is 11.7. The predicted molar refractivity (Wildman–Crippen MR) is 96.5 cm³/mol. The Hall–Kier alpha value is -2.53. The number of amides is 1. The van der Waals surface area contributed by atoms with Crippen molar-refractivity contribution in [3.05, 3.63) is 65.1 Å². The molecule has 0 aliphatic heterocycles. The van der Waals surface area contributed by atoms with Gasteiger partial charge in [0, 0.05) is 22.7 Å².